The van der Waals surface area contributed by atoms with Crippen LogP contribution in [0.15, 0.2) is 77.7 Å². The molecule has 2 saturated heterocycles. The second-order valence-corrected chi connectivity index (χ2v) is 8.92. The Labute approximate surface area is 206 Å². The summed E-state index contributed by atoms with van der Waals surface area (Å²) in [5, 5.41) is 2.62. The number of ether oxygens (including phenoxy) is 4. The molecule has 4 atom stereocenters. The summed E-state index contributed by atoms with van der Waals surface area (Å²) in [6.07, 6.45) is -1.26. The molecular formula is C26H25N3O7. The van der Waals surface area contributed by atoms with E-state index < -0.39 is 42.0 Å². The number of hydrogen-bond donors (Lipinski definition) is 1. The van der Waals surface area contributed by atoms with Crippen molar-refractivity contribution in [2.75, 3.05) is 11.9 Å². The Bertz CT molecular complexity index is 1310. The Kier molecular flexibility index (Phi) is 6.40. The quantitative estimate of drug-likeness (QED) is 0.523. The fourth-order valence-electron chi connectivity index (χ4n) is 4.29. The van der Waals surface area contributed by atoms with Gasteiger partial charge in [-0.3, -0.25) is 9.36 Å². The van der Waals surface area contributed by atoms with Crippen LogP contribution >= 0.6 is 0 Å². The third kappa shape index (κ3) is 4.92. The lowest BCUT2D eigenvalue weighted by Crippen LogP contribution is -2.35. The molecule has 0 saturated carbocycles. The van der Waals surface area contributed by atoms with Crippen LogP contribution in [-0.2, 0) is 18.9 Å². The molecule has 10 nitrogen and oxygen atoms in total. The van der Waals surface area contributed by atoms with Crippen molar-refractivity contribution in [1.82, 2.24) is 9.55 Å². The predicted molar refractivity (Wildman–Crippen MR) is 127 cm³/mol. The van der Waals surface area contributed by atoms with Gasteiger partial charge in [-0.25, -0.2) is 9.59 Å². The van der Waals surface area contributed by atoms with Gasteiger partial charge in [0.05, 0.1) is 5.56 Å². The monoisotopic (exact) mass is 491 g/mol. The standard InChI is InChI=1S/C26H25N3O7/c1-26(2)35-20-18(15-33-24(31)17-11-7-4-8-12-17)34-23(21(20)36-26)29-14-13-19(28-25(29)32)27-22(30)16-9-5-3-6-10-16/h3-14,18,20-21,23H,15H2,1-2H3,(H,27,28,30,32). The summed E-state index contributed by atoms with van der Waals surface area (Å²) >= 11 is 0. The van der Waals surface area contributed by atoms with Crippen LogP contribution in [0.1, 0.15) is 40.8 Å². The van der Waals surface area contributed by atoms with Gasteiger partial charge in [-0.2, -0.15) is 4.98 Å². The van der Waals surface area contributed by atoms with Crippen LogP contribution < -0.4 is 11.0 Å². The van der Waals surface area contributed by atoms with Crippen molar-refractivity contribution in [3.63, 3.8) is 0 Å². The zero-order valence-corrected chi connectivity index (χ0v) is 19.7. The van der Waals surface area contributed by atoms with E-state index in [1.807, 2.05) is 6.07 Å². The number of esters is 1. The van der Waals surface area contributed by atoms with E-state index in [-0.39, 0.29) is 18.3 Å². The zero-order chi connectivity index (χ0) is 25.3. The maximum absolute atomic E-state index is 12.9. The van der Waals surface area contributed by atoms with Crippen LogP contribution in [0.4, 0.5) is 5.82 Å². The highest BCUT2D eigenvalue weighted by Crippen LogP contribution is 2.42. The number of nitrogens with zero attached hydrogens (tertiary/aromatic N) is 2. The number of carbonyl (C=O) groups is 2. The molecule has 4 unspecified atom stereocenters. The summed E-state index contributed by atoms with van der Waals surface area (Å²) in [4.78, 5) is 41.7. The van der Waals surface area contributed by atoms with Crippen LogP contribution in [0.25, 0.3) is 0 Å². The van der Waals surface area contributed by atoms with Gasteiger partial charge in [0.1, 0.15) is 30.7 Å². The average molecular weight is 492 g/mol. The molecule has 2 fully saturated rings. The van der Waals surface area contributed by atoms with Gasteiger partial charge in [-0.15, -0.1) is 0 Å². The number of aromatic nitrogens is 2. The van der Waals surface area contributed by atoms with E-state index in [1.165, 1.54) is 16.8 Å². The summed E-state index contributed by atoms with van der Waals surface area (Å²) in [5.41, 5.74) is 0.220. The lowest BCUT2D eigenvalue weighted by molar-refractivity contribution is -0.200. The Morgan fingerprint density at radius 2 is 1.61 bits per heavy atom. The molecule has 3 heterocycles. The number of fused-ring (bicyclic) bond motifs is 1. The van der Waals surface area contributed by atoms with E-state index in [1.54, 1.807) is 68.4 Å². The van der Waals surface area contributed by atoms with Gasteiger partial charge in [-0.1, -0.05) is 36.4 Å². The lowest BCUT2D eigenvalue weighted by atomic mass is 10.1. The Morgan fingerprint density at radius 3 is 2.28 bits per heavy atom. The zero-order valence-electron chi connectivity index (χ0n) is 19.7. The third-order valence-electron chi connectivity index (χ3n) is 5.90. The molecule has 36 heavy (non-hydrogen) atoms. The first kappa shape index (κ1) is 23.9. The Morgan fingerprint density at radius 1 is 0.972 bits per heavy atom. The number of hydrogen-bond acceptors (Lipinski definition) is 8. The number of benzene rings is 2. The summed E-state index contributed by atoms with van der Waals surface area (Å²) in [7, 11) is 0. The van der Waals surface area contributed by atoms with E-state index in [9.17, 15) is 14.4 Å². The van der Waals surface area contributed by atoms with E-state index in [0.29, 0.717) is 11.1 Å². The van der Waals surface area contributed by atoms with Gasteiger partial charge in [0.2, 0.25) is 0 Å². The van der Waals surface area contributed by atoms with Crippen molar-refractivity contribution >= 4 is 17.7 Å². The van der Waals surface area contributed by atoms with Crippen LogP contribution in [-0.4, -0.2) is 52.1 Å². The number of amides is 1. The highest BCUT2D eigenvalue weighted by Gasteiger charge is 2.56. The van der Waals surface area contributed by atoms with E-state index in [2.05, 4.69) is 10.3 Å². The van der Waals surface area contributed by atoms with Gasteiger partial charge >= 0.3 is 11.7 Å². The smallest absolute Gasteiger partial charge is 0.351 e. The van der Waals surface area contributed by atoms with Crippen molar-refractivity contribution in [3.05, 3.63) is 94.5 Å². The molecule has 186 valence electrons. The number of anilines is 1. The van der Waals surface area contributed by atoms with Gasteiger partial charge in [0.25, 0.3) is 5.91 Å². The highest BCUT2D eigenvalue weighted by atomic mass is 16.8. The first-order valence-corrected chi connectivity index (χ1v) is 11.5. The van der Waals surface area contributed by atoms with E-state index in [0.717, 1.165) is 0 Å². The number of nitrogens with one attached hydrogen (secondary N) is 1. The minimum absolute atomic E-state index is 0.0851. The molecular weight excluding hydrogens is 466 g/mol. The van der Waals surface area contributed by atoms with Crippen molar-refractivity contribution in [1.29, 1.82) is 0 Å². The predicted octanol–water partition coefficient (Wildman–Crippen LogP) is 2.77. The molecule has 2 aromatic carbocycles. The second-order valence-electron chi connectivity index (χ2n) is 8.92. The summed E-state index contributed by atoms with van der Waals surface area (Å²) in [5.74, 6) is -1.68. The Balaban J connectivity index is 1.32. The molecule has 1 aromatic heterocycles. The van der Waals surface area contributed by atoms with Crippen LogP contribution in [0.5, 0.6) is 0 Å². The average Bonchev–Trinajstić information content (AvgIpc) is 3.36. The van der Waals surface area contributed by atoms with Crippen LogP contribution in [0.2, 0.25) is 0 Å². The van der Waals surface area contributed by atoms with Gasteiger partial charge in [0, 0.05) is 11.8 Å². The molecule has 2 aliphatic rings. The summed E-state index contributed by atoms with van der Waals surface area (Å²) in [6, 6.07) is 18.7. The molecule has 0 bridgehead atoms. The minimum atomic E-state index is -0.917. The first-order chi connectivity index (χ1) is 17.3. The second kappa shape index (κ2) is 9.65. The maximum atomic E-state index is 12.9. The van der Waals surface area contributed by atoms with Crippen molar-refractivity contribution in [2.45, 2.75) is 44.2 Å². The molecule has 10 heteroatoms. The number of rotatable bonds is 6. The van der Waals surface area contributed by atoms with Gasteiger partial charge < -0.3 is 24.3 Å². The molecule has 3 aromatic rings. The molecule has 0 spiro atoms. The van der Waals surface area contributed by atoms with Crippen molar-refractivity contribution in [3.8, 4) is 0 Å². The molecule has 5 rings (SSSR count). The van der Waals surface area contributed by atoms with Crippen LogP contribution in [0, 0.1) is 0 Å². The molecule has 2 aliphatic heterocycles. The molecule has 1 amide bonds. The van der Waals surface area contributed by atoms with Gasteiger partial charge in [-0.05, 0) is 44.2 Å². The SMILES string of the molecule is CC1(C)OC2C(COC(=O)c3ccccc3)OC(n3ccc(NC(=O)c4ccccc4)nc3=O)C2O1. The highest BCUT2D eigenvalue weighted by molar-refractivity contribution is 6.03. The van der Waals surface area contributed by atoms with Crippen molar-refractivity contribution < 1.29 is 28.5 Å². The summed E-state index contributed by atoms with van der Waals surface area (Å²) in [6.45, 7) is 3.44. The topological polar surface area (TPSA) is 118 Å². The molecule has 0 radical (unpaired) electrons. The Hall–Kier alpha value is -3.86. The lowest BCUT2D eigenvalue weighted by Gasteiger charge is -2.24. The van der Waals surface area contributed by atoms with E-state index >= 15 is 0 Å². The maximum Gasteiger partial charge on any atom is 0.351 e. The first-order valence-electron chi connectivity index (χ1n) is 11.5. The fraction of sp³-hybridized carbons (Fsp3) is 0.308. The minimum Gasteiger partial charge on any atom is -0.459 e. The van der Waals surface area contributed by atoms with Crippen molar-refractivity contribution in [2.24, 2.45) is 0 Å². The largest absolute Gasteiger partial charge is 0.459 e. The van der Waals surface area contributed by atoms with Crippen LogP contribution in [0.3, 0.4) is 0 Å². The van der Waals surface area contributed by atoms with E-state index in [4.69, 9.17) is 18.9 Å². The normalized spacial score (nSPS) is 24.2. The third-order valence-corrected chi connectivity index (χ3v) is 5.90. The molecule has 1 N–H and O–H groups in total. The molecule has 0 aliphatic carbocycles. The fourth-order valence-corrected chi connectivity index (χ4v) is 4.29. The van der Waals surface area contributed by atoms with Gasteiger partial charge in [0.15, 0.2) is 12.0 Å². The summed E-state index contributed by atoms with van der Waals surface area (Å²) < 4.78 is 24.8. The number of carbonyl (C=O) groups excluding carboxylic acids is 2.